The molecule has 1 atom stereocenters. The van der Waals surface area contributed by atoms with Crippen LogP contribution < -0.4 is 10.6 Å². The van der Waals surface area contributed by atoms with Crippen molar-refractivity contribution >= 4 is 5.91 Å². The highest BCUT2D eigenvalue weighted by Gasteiger charge is 2.15. The van der Waals surface area contributed by atoms with E-state index in [9.17, 15) is 13.6 Å². The van der Waals surface area contributed by atoms with E-state index < -0.39 is 17.5 Å². The molecule has 0 spiro atoms. The van der Waals surface area contributed by atoms with Gasteiger partial charge in [-0.2, -0.15) is 0 Å². The molecule has 1 aromatic rings. The number of nitrogens with one attached hydrogen (secondary N) is 2. The van der Waals surface area contributed by atoms with E-state index >= 15 is 0 Å². The Hall–Kier alpha value is -1.53. The molecule has 1 heterocycles. The van der Waals surface area contributed by atoms with E-state index in [1.807, 2.05) is 0 Å². The van der Waals surface area contributed by atoms with Crippen LogP contribution in [0.3, 0.4) is 0 Å². The molecule has 0 aromatic heterocycles. The fourth-order valence-electron chi connectivity index (χ4n) is 1.75. The smallest absolute Gasteiger partial charge is 0.251 e. The molecule has 18 heavy (non-hydrogen) atoms. The molecule has 1 amide bonds. The average Bonchev–Trinajstić information content (AvgIpc) is 2.36. The Labute approximate surface area is 103 Å². The minimum Gasteiger partial charge on any atom is -0.378 e. The zero-order valence-corrected chi connectivity index (χ0v) is 9.71. The van der Waals surface area contributed by atoms with Crippen LogP contribution >= 0.6 is 0 Å². The van der Waals surface area contributed by atoms with Crippen molar-refractivity contribution in [2.75, 3.05) is 26.3 Å². The third-order valence-electron chi connectivity index (χ3n) is 2.63. The van der Waals surface area contributed by atoms with Crippen LogP contribution in [0.2, 0.25) is 0 Å². The maximum Gasteiger partial charge on any atom is 0.251 e. The van der Waals surface area contributed by atoms with Gasteiger partial charge in [0, 0.05) is 30.8 Å². The third-order valence-corrected chi connectivity index (χ3v) is 2.63. The zero-order valence-electron chi connectivity index (χ0n) is 9.71. The monoisotopic (exact) mass is 256 g/mol. The van der Waals surface area contributed by atoms with Crippen molar-refractivity contribution < 1.29 is 18.3 Å². The highest BCUT2D eigenvalue weighted by molar-refractivity contribution is 5.94. The van der Waals surface area contributed by atoms with E-state index in [-0.39, 0.29) is 11.6 Å². The van der Waals surface area contributed by atoms with Gasteiger partial charge in [-0.3, -0.25) is 4.79 Å². The summed E-state index contributed by atoms with van der Waals surface area (Å²) in [4.78, 5) is 11.7. The Morgan fingerprint density at radius 3 is 2.72 bits per heavy atom. The van der Waals surface area contributed by atoms with Crippen molar-refractivity contribution in [3.8, 4) is 0 Å². The maximum absolute atomic E-state index is 12.9. The lowest BCUT2D eigenvalue weighted by Gasteiger charge is -2.23. The van der Waals surface area contributed by atoms with Crippen LogP contribution in [-0.2, 0) is 4.74 Å². The van der Waals surface area contributed by atoms with Crippen molar-refractivity contribution in [1.29, 1.82) is 0 Å². The molecule has 0 aliphatic carbocycles. The molecular weight excluding hydrogens is 242 g/mol. The summed E-state index contributed by atoms with van der Waals surface area (Å²) in [6.07, 6.45) is 0. The molecular formula is C12H14F2N2O2. The van der Waals surface area contributed by atoms with Crippen LogP contribution in [0.1, 0.15) is 10.4 Å². The van der Waals surface area contributed by atoms with E-state index in [2.05, 4.69) is 10.6 Å². The molecule has 1 aliphatic heterocycles. The average molecular weight is 256 g/mol. The normalized spacial score (nSPS) is 19.6. The van der Waals surface area contributed by atoms with Crippen molar-refractivity contribution in [3.63, 3.8) is 0 Å². The van der Waals surface area contributed by atoms with Gasteiger partial charge in [-0.1, -0.05) is 0 Å². The summed E-state index contributed by atoms with van der Waals surface area (Å²) < 4.78 is 31.1. The first-order valence-corrected chi connectivity index (χ1v) is 5.70. The second-order valence-corrected chi connectivity index (χ2v) is 4.09. The quantitative estimate of drug-likeness (QED) is 0.836. The van der Waals surface area contributed by atoms with Crippen molar-refractivity contribution in [3.05, 3.63) is 35.4 Å². The lowest BCUT2D eigenvalue weighted by Crippen LogP contribution is -2.48. The molecule has 1 aliphatic rings. The minimum atomic E-state index is -0.765. The van der Waals surface area contributed by atoms with E-state index in [4.69, 9.17) is 4.74 Å². The highest BCUT2D eigenvalue weighted by Crippen LogP contribution is 2.07. The van der Waals surface area contributed by atoms with Crippen LogP contribution in [-0.4, -0.2) is 38.3 Å². The fourth-order valence-corrected chi connectivity index (χ4v) is 1.75. The number of benzene rings is 1. The molecule has 2 N–H and O–H groups in total. The van der Waals surface area contributed by atoms with Crippen LogP contribution in [0.15, 0.2) is 18.2 Å². The molecule has 1 fully saturated rings. The Balaban J connectivity index is 1.90. The predicted octanol–water partition coefficient (Wildman–Crippen LogP) is 0.683. The van der Waals surface area contributed by atoms with Gasteiger partial charge in [-0.25, -0.2) is 8.78 Å². The summed E-state index contributed by atoms with van der Waals surface area (Å²) in [7, 11) is 0. The predicted molar refractivity (Wildman–Crippen MR) is 61.3 cm³/mol. The van der Waals surface area contributed by atoms with Gasteiger partial charge in [0.1, 0.15) is 11.6 Å². The molecule has 1 saturated heterocycles. The number of rotatable bonds is 3. The Morgan fingerprint density at radius 2 is 2.11 bits per heavy atom. The van der Waals surface area contributed by atoms with Gasteiger partial charge in [-0.05, 0) is 12.1 Å². The number of carbonyl (C=O) groups is 1. The second kappa shape index (κ2) is 5.88. The Bertz CT molecular complexity index is 414. The van der Waals surface area contributed by atoms with Crippen LogP contribution in [0, 0.1) is 11.6 Å². The number of ether oxygens (including phenoxy) is 1. The number of hydrogen-bond acceptors (Lipinski definition) is 3. The van der Waals surface area contributed by atoms with Crippen LogP contribution in [0.5, 0.6) is 0 Å². The molecule has 2 rings (SSSR count). The molecule has 0 bridgehead atoms. The second-order valence-electron chi connectivity index (χ2n) is 4.09. The van der Waals surface area contributed by atoms with Gasteiger partial charge in [0.2, 0.25) is 0 Å². The number of hydrogen-bond donors (Lipinski definition) is 2. The molecule has 98 valence electrons. The van der Waals surface area contributed by atoms with Gasteiger partial charge < -0.3 is 15.4 Å². The molecule has 1 aromatic carbocycles. The Morgan fingerprint density at radius 1 is 1.39 bits per heavy atom. The van der Waals surface area contributed by atoms with E-state index in [0.29, 0.717) is 19.8 Å². The fraction of sp³-hybridized carbons (Fsp3) is 0.417. The topological polar surface area (TPSA) is 50.4 Å². The van der Waals surface area contributed by atoms with Crippen molar-refractivity contribution in [1.82, 2.24) is 10.6 Å². The standard InChI is InChI=1S/C12H14F2N2O2/c13-9-3-8(4-10(14)5-9)12(17)16-6-11-7-18-2-1-15-11/h3-5,11,15H,1-2,6-7H2,(H,16,17). The number of halogens is 2. The summed E-state index contributed by atoms with van der Waals surface area (Å²) in [5.41, 5.74) is -0.0239. The van der Waals surface area contributed by atoms with E-state index in [1.54, 1.807) is 0 Å². The first-order valence-electron chi connectivity index (χ1n) is 5.70. The summed E-state index contributed by atoms with van der Waals surface area (Å²) in [5, 5.41) is 5.77. The summed E-state index contributed by atoms with van der Waals surface area (Å²) in [6, 6.07) is 2.76. The van der Waals surface area contributed by atoms with Crippen molar-refractivity contribution in [2.45, 2.75) is 6.04 Å². The van der Waals surface area contributed by atoms with Crippen molar-refractivity contribution in [2.24, 2.45) is 0 Å². The largest absolute Gasteiger partial charge is 0.378 e. The SMILES string of the molecule is O=C(NCC1COCCN1)c1cc(F)cc(F)c1. The van der Waals surface area contributed by atoms with Gasteiger partial charge in [-0.15, -0.1) is 0 Å². The molecule has 1 unspecified atom stereocenters. The van der Waals surface area contributed by atoms with E-state index in [1.165, 1.54) is 0 Å². The van der Waals surface area contributed by atoms with Gasteiger partial charge in [0.15, 0.2) is 0 Å². The molecule has 0 radical (unpaired) electrons. The van der Waals surface area contributed by atoms with E-state index in [0.717, 1.165) is 24.7 Å². The lowest BCUT2D eigenvalue weighted by atomic mass is 10.2. The van der Waals surface area contributed by atoms with Gasteiger partial charge in [0.05, 0.1) is 13.2 Å². The molecule has 6 heteroatoms. The van der Waals surface area contributed by atoms with Gasteiger partial charge in [0.25, 0.3) is 5.91 Å². The molecule has 0 saturated carbocycles. The number of carbonyl (C=O) groups excluding carboxylic acids is 1. The molecule has 4 nitrogen and oxygen atoms in total. The summed E-state index contributed by atoms with van der Waals surface area (Å²) >= 11 is 0. The highest BCUT2D eigenvalue weighted by atomic mass is 19.1. The zero-order chi connectivity index (χ0) is 13.0. The first kappa shape index (κ1) is 12.9. The minimum absolute atomic E-state index is 0.0239. The number of amides is 1. The lowest BCUT2D eigenvalue weighted by molar-refractivity contribution is 0.0734. The summed E-state index contributed by atoms with van der Waals surface area (Å²) in [5.74, 6) is -2.03. The Kier molecular flexibility index (Phi) is 4.22. The third kappa shape index (κ3) is 3.48. The maximum atomic E-state index is 12.9. The summed E-state index contributed by atoms with van der Waals surface area (Å²) in [6.45, 7) is 2.25. The number of morpholine rings is 1. The van der Waals surface area contributed by atoms with Crippen LogP contribution in [0.4, 0.5) is 8.78 Å². The van der Waals surface area contributed by atoms with Gasteiger partial charge >= 0.3 is 0 Å². The van der Waals surface area contributed by atoms with Crippen LogP contribution in [0.25, 0.3) is 0 Å². The first-order chi connectivity index (χ1) is 8.65.